The summed E-state index contributed by atoms with van der Waals surface area (Å²) >= 11 is 0. The second-order valence-electron chi connectivity index (χ2n) is 6.02. The van der Waals surface area contributed by atoms with Crippen LogP contribution in [0.25, 0.3) is 10.8 Å². The molecule has 25 heavy (non-hydrogen) atoms. The largest absolute Gasteiger partial charge is 0.497 e. The Kier molecular flexibility index (Phi) is 5.19. The van der Waals surface area contributed by atoms with Gasteiger partial charge in [-0.1, -0.05) is 36.4 Å². The van der Waals surface area contributed by atoms with Crippen molar-refractivity contribution in [2.24, 2.45) is 0 Å². The van der Waals surface area contributed by atoms with E-state index in [2.05, 4.69) is 17.4 Å². The van der Waals surface area contributed by atoms with E-state index in [4.69, 9.17) is 4.74 Å². The zero-order valence-electron chi connectivity index (χ0n) is 14.5. The summed E-state index contributed by atoms with van der Waals surface area (Å²) in [6.07, 6.45) is 0. The molecule has 0 atom stereocenters. The van der Waals surface area contributed by atoms with Crippen LogP contribution in [0, 0.1) is 0 Å². The number of likely N-dealkylation sites (N-methyl/N-ethyl adjacent to an activating group) is 1. The zero-order valence-corrected chi connectivity index (χ0v) is 14.5. The smallest absolute Gasteiger partial charge is 0.239 e. The van der Waals surface area contributed by atoms with Gasteiger partial charge in [-0.25, -0.2) is 0 Å². The number of amides is 1. The van der Waals surface area contributed by atoms with Crippen molar-refractivity contribution in [1.29, 1.82) is 0 Å². The Morgan fingerprint density at radius 2 is 1.72 bits per heavy atom. The van der Waals surface area contributed by atoms with Crippen molar-refractivity contribution in [3.05, 3.63) is 72.3 Å². The second-order valence-corrected chi connectivity index (χ2v) is 6.02. The number of anilines is 1. The van der Waals surface area contributed by atoms with Crippen molar-refractivity contribution >= 4 is 22.4 Å². The maximum Gasteiger partial charge on any atom is 0.239 e. The lowest BCUT2D eigenvalue weighted by atomic mass is 10.1. The van der Waals surface area contributed by atoms with Gasteiger partial charge in [0.2, 0.25) is 5.91 Å². The van der Waals surface area contributed by atoms with E-state index < -0.39 is 0 Å². The summed E-state index contributed by atoms with van der Waals surface area (Å²) in [7, 11) is 3.58. The maximum atomic E-state index is 12.2. The van der Waals surface area contributed by atoms with E-state index in [0.29, 0.717) is 13.1 Å². The third kappa shape index (κ3) is 4.29. The van der Waals surface area contributed by atoms with Crippen molar-refractivity contribution in [3.63, 3.8) is 0 Å². The number of nitrogens with zero attached hydrogens (tertiary/aromatic N) is 1. The predicted molar refractivity (Wildman–Crippen MR) is 102 cm³/mol. The molecule has 0 saturated carbocycles. The van der Waals surface area contributed by atoms with Gasteiger partial charge in [0.1, 0.15) is 5.75 Å². The molecule has 4 heteroatoms. The number of ether oxygens (including phenoxy) is 1. The molecule has 0 aliphatic heterocycles. The number of hydrogen-bond acceptors (Lipinski definition) is 3. The number of nitrogens with one attached hydrogen (secondary N) is 1. The minimum Gasteiger partial charge on any atom is -0.497 e. The van der Waals surface area contributed by atoms with Crippen molar-refractivity contribution in [1.82, 2.24) is 5.32 Å². The Bertz CT molecular complexity index is 862. The maximum absolute atomic E-state index is 12.2. The number of para-hydroxylation sites is 1. The van der Waals surface area contributed by atoms with Gasteiger partial charge in [-0.15, -0.1) is 0 Å². The van der Waals surface area contributed by atoms with E-state index >= 15 is 0 Å². The molecule has 0 saturated heterocycles. The average molecular weight is 334 g/mol. The normalized spacial score (nSPS) is 10.5. The fourth-order valence-corrected chi connectivity index (χ4v) is 2.76. The van der Waals surface area contributed by atoms with Gasteiger partial charge >= 0.3 is 0 Å². The highest BCUT2D eigenvalue weighted by molar-refractivity contribution is 5.85. The molecule has 0 heterocycles. The molecule has 1 N–H and O–H groups in total. The lowest BCUT2D eigenvalue weighted by molar-refractivity contribution is -0.119. The fraction of sp³-hybridized carbons (Fsp3) is 0.190. The molecule has 3 aromatic carbocycles. The van der Waals surface area contributed by atoms with Gasteiger partial charge in [-0.2, -0.15) is 0 Å². The van der Waals surface area contributed by atoms with Crippen LogP contribution in [0.2, 0.25) is 0 Å². The van der Waals surface area contributed by atoms with Crippen LogP contribution in [-0.4, -0.2) is 26.6 Å². The summed E-state index contributed by atoms with van der Waals surface area (Å²) in [6, 6.07) is 22.0. The van der Waals surface area contributed by atoms with E-state index in [1.54, 1.807) is 7.11 Å². The van der Waals surface area contributed by atoms with Gasteiger partial charge in [0, 0.05) is 19.3 Å². The highest BCUT2D eigenvalue weighted by Crippen LogP contribution is 2.21. The first-order chi connectivity index (χ1) is 12.2. The quantitative estimate of drug-likeness (QED) is 0.749. The third-order valence-electron chi connectivity index (χ3n) is 4.18. The number of methoxy groups -OCH3 is 1. The van der Waals surface area contributed by atoms with Gasteiger partial charge in [0.25, 0.3) is 0 Å². The Morgan fingerprint density at radius 1 is 1.00 bits per heavy atom. The van der Waals surface area contributed by atoms with E-state index in [1.165, 1.54) is 0 Å². The molecular weight excluding hydrogens is 312 g/mol. The number of carbonyl (C=O) groups excluding carboxylic acids is 1. The fourth-order valence-electron chi connectivity index (χ4n) is 2.76. The van der Waals surface area contributed by atoms with Crippen LogP contribution in [-0.2, 0) is 11.3 Å². The van der Waals surface area contributed by atoms with Gasteiger partial charge in [0.05, 0.1) is 13.7 Å². The second kappa shape index (κ2) is 7.71. The molecule has 0 aliphatic rings. The number of fused-ring (bicyclic) bond motifs is 1. The van der Waals surface area contributed by atoms with Crippen LogP contribution in [0.4, 0.5) is 5.69 Å². The van der Waals surface area contributed by atoms with Crippen LogP contribution < -0.4 is 15.0 Å². The van der Waals surface area contributed by atoms with Crippen molar-refractivity contribution in [2.75, 3.05) is 25.6 Å². The topological polar surface area (TPSA) is 41.6 Å². The summed E-state index contributed by atoms with van der Waals surface area (Å²) in [5.41, 5.74) is 2.10. The summed E-state index contributed by atoms with van der Waals surface area (Å²) < 4.78 is 5.24. The van der Waals surface area contributed by atoms with Gasteiger partial charge in [-0.3, -0.25) is 4.79 Å². The van der Waals surface area contributed by atoms with E-state index in [1.807, 2.05) is 66.5 Å². The van der Waals surface area contributed by atoms with Crippen LogP contribution in [0.15, 0.2) is 66.7 Å². The van der Waals surface area contributed by atoms with Crippen molar-refractivity contribution < 1.29 is 9.53 Å². The molecule has 0 aliphatic carbocycles. The summed E-state index contributed by atoms with van der Waals surface area (Å²) in [5.74, 6) is 0.846. The molecule has 0 aromatic heterocycles. The average Bonchev–Trinajstić information content (AvgIpc) is 2.66. The predicted octanol–water partition coefficient (Wildman–Crippen LogP) is 3.60. The molecule has 3 rings (SSSR count). The Balaban J connectivity index is 1.59. The minimum atomic E-state index is 0.00109. The van der Waals surface area contributed by atoms with Crippen LogP contribution in [0.3, 0.4) is 0 Å². The molecule has 0 radical (unpaired) electrons. The standard InChI is InChI=1S/C21H22N2O2/c1-23(19-6-4-3-5-7-19)15-21(24)22-14-16-8-9-18-13-20(25-2)11-10-17(18)12-16/h3-13H,14-15H2,1-2H3,(H,22,24). The Labute approximate surface area is 148 Å². The van der Waals surface area contributed by atoms with Gasteiger partial charge in [-0.05, 0) is 46.7 Å². The van der Waals surface area contributed by atoms with E-state index in [0.717, 1.165) is 27.8 Å². The van der Waals surface area contributed by atoms with E-state index in [-0.39, 0.29) is 5.91 Å². The van der Waals surface area contributed by atoms with Crippen molar-refractivity contribution in [2.45, 2.75) is 6.54 Å². The molecule has 0 unspecified atom stereocenters. The Hall–Kier alpha value is -3.01. The summed E-state index contributed by atoms with van der Waals surface area (Å²) in [5, 5.41) is 5.24. The third-order valence-corrected chi connectivity index (χ3v) is 4.18. The Morgan fingerprint density at radius 3 is 2.48 bits per heavy atom. The monoisotopic (exact) mass is 334 g/mol. The van der Waals surface area contributed by atoms with Crippen LogP contribution in [0.1, 0.15) is 5.56 Å². The molecule has 128 valence electrons. The minimum absolute atomic E-state index is 0.00109. The lowest BCUT2D eigenvalue weighted by Crippen LogP contribution is -2.34. The first-order valence-electron chi connectivity index (χ1n) is 8.25. The first kappa shape index (κ1) is 16.8. The summed E-state index contributed by atoms with van der Waals surface area (Å²) in [6.45, 7) is 0.845. The van der Waals surface area contributed by atoms with Gasteiger partial charge in [0.15, 0.2) is 0 Å². The van der Waals surface area contributed by atoms with Crippen LogP contribution in [0.5, 0.6) is 5.75 Å². The molecule has 0 fully saturated rings. The number of carbonyl (C=O) groups is 1. The SMILES string of the molecule is COc1ccc2cc(CNC(=O)CN(C)c3ccccc3)ccc2c1. The highest BCUT2D eigenvalue weighted by atomic mass is 16.5. The molecule has 0 spiro atoms. The van der Waals surface area contributed by atoms with Crippen molar-refractivity contribution in [3.8, 4) is 5.75 Å². The molecular formula is C21H22N2O2. The van der Waals surface area contributed by atoms with Crippen LogP contribution >= 0.6 is 0 Å². The first-order valence-corrected chi connectivity index (χ1v) is 8.25. The van der Waals surface area contributed by atoms with E-state index in [9.17, 15) is 4.79 Å². The molecule has 3 aromatic rings. The molecule has 0 bridgehead atoms. The highest BCUT2D eigenvalue weighted by Gasteiger charge is 2.07. The molecule has 4 nitrogen and oxygen atoms in total. The zero-order chi connectivity index (χ0) is 17.6. The summed E-state index contributed by atoms with van der Waals surface area (Å²) in [4.78, 5) is 14.1. The number of hydrogen-bond donors (Lipinski definition) is 1. The lowest BCUT2D eigenvalue weighted by Gasteiger charge is -2.18. The molecule has 1 amide bonds. The van der Waals surface area contributed by atoms with Gasteiger partial charge < -0.3 is 15.0 Å². The number of benzene rings is 3. The number of rotatable bonds is 6.